The van der Waals surface area contributed by atoms with Gasteiger partial charge in [0.1, 0.15) is 13.2 Å². The van der Waals surface area contributed by atoms with Crippen LogP contribution in [0.1, 0.15) is 232 Å². The molecule has 59 heavy (non-hydrogen) atoms. The highest BCUT2D eigenvalue weighted by atomic mass is 16.7. The minimum Gasteiger partial charge on any atom is -0.545 e. The number of nitrogens with zero attached hydrogens (tertiary/aromatic N) is 1. The van der Waals surface area contributed by atoms with Crippen LogP contribution < -0.4 is 5.11 Å². The van der Waals surface area contributed by atoms with Crippen LogP contribution in [-0.2, 0) is 33.3 Å². The molecule has 0 saturated carbocycles. The van der Waals surface area contributed by atoms with Gasteiger partial charge >= 0.3 is 11.9 Å². The maximum absolute atomic E-state index is 12.8. The van der Waals surface area contributed by atoms with Crippen molar-refractivity contribution in [3.05, 3.63) is 12.2 Å². The molecule has 2 atom stereocenters. The first kappa shape index (κ1) is 57.0. The number of carboxylic acid groups (broad SMARTS) is 1. The van der Waals surface area contributed by atoms with E-state index in [9.17, 15) is 19.5 Å². The van der Waals surface area contributed by atoms with Crippen LogP contribution in [0.5, 0.6) is 0 Å². The molecule has 0 aliphatic carbocycles. The highest BCUT2D eigenvalue weighted by Gasteiger charge is 2.22. The van der Waals surface area contributed by atoms with Crippen LogP contribution >= 0.6 is 0 Å². The summed E-state index contributed by atoms with van der Waals surface area (Å²) < 4.78 is 22.6. The average Bonchev–Trinajstić information content (AvgIpc) is 3.19. The highest BCUT2D eigenvalue weighted by Crippen LogP contribution is 2.16. The van der Waals surface area contributed by atoms with Gasteiger partial charge in [-0.1, -0.05) is 193 Å². The zero-order valence-corrected chi connectivity index (χ0v) is 39.4. The van der Waals surface area contributed by atoms with Crippen molar-refractivity contribution >= 4 is 17.9 Å². The Balaban J connectivity index is 4.31. The van der Waals surface area contributed by atoms with Crippen molar-refractivity contribution < 1.29 is 42.9 Å². The zero-order chi connectivity index (χ0) is 43.5. The normalized spacial score (nSPS) is 12.9. The Kier molecular flexibility index (Phi) is 41.3. The van der Waals surface area contributed by atoms with Crippen LogP contribution in [0.2, 0.25) is 0 Å². The van der Waals surface area contributed by atoms with Gasteiger partial charge in [-0.05, 0) is 38.5 Å². The maximum Gasteiger partial charge on any atom is 0.306 e. The Hall–Kier alpha value is -1.97. The van der Waals surface area contributed by atoms with E-state index in [1.165, 1.54) is 161 Å². The molecule has 0 N–H and O–H groups in total. The minimum atomic E-state index is -1.62. The van der Waals surface area contributed by atoms with Gasteiger partial charge in [-0.15, -0.1) is 0 Å². The van der Waals surface area contributed by atoms with Crippen molar-refractivity contribution in [2.75, 3.05) is 47.5 Å². The number of allylic oxidation sites excluding steroid dienone is 2. The Morgan fingerprint density at radius 3 is 1.25 bits per heavy atom. The van der Waals surface area contributed by atoms with E-state index < -0.39 is 24.3 Å². The second kappa shape index (κ2) is 42.7. The van der Waals surface area contributed by atoms with Crippen LogP contribution in [0.4, 0.5) is 0 Å². The quantitative estimate of drug-likeness (QED) is 0.0196. The van der Waals surface area contributed by atoms with Crippen LogP contribution in [0.15, 0.2) is 12.2 Å². The predicted molar refractivity (Wildman–Crippen MR) is 242 cm³/mol. The zero-order valence-electron chi connectivity index (χ0n) is 39.4. The minimum absolute atomic E-state index is 0.151. The Labute approximate surface area is 364 Å². The van der Waals surface area contributed by atoms with Crippen LogP contribution in [0.25, 0.3) is 0 Å². The number of carboxylic acids is 1. The molecule has 348 valence electrons. The Morgan fingerprint density at radius 1 is 0.492 bits per heavy atom. The smallest absolute Gasteiger partial charge is 0.306 e. The summed E-state index contributed by atoms with van der Waals surface area (Å²) in [6.07, 6.45) is 42.4. The number of rotatable bonds is 46. The van der Waals surface area contributed by atoms with Crippen LogP contribution in [0.3, 0.4) is 0 Å². The summed E-state index contributed by atoms with van der Waals surface area (Å²) in [6, 6.07) is 0. The number of ether oxygens (including phenoxy) is 4. The summed E-state index contributed by atoms with van der Waals surface area (Å²) in [5, 5.41) is 11.7. The van der Waals surface area contributed by atoms with E-state index in [0.29, 0.717) is 23.9 Å². The first-order chi connectivity index (χ1) is 28.6. The molecule has 0 aromatic carbocycles. The summed E-state index contributed by atoms with van der Waals surface area (Å²) in [4.78, 5) is 37.0. The number of hydrogen-bond donors (Lipinski definition) is 0. The topological polar surface area (TPSA) is 111 Å². The maximum atomic E-state index is 12.8. The standard InChI is InChI=1S/C50H95NO8/c1-6-8-10-12-14-16-18-20-21-22-23-24-25-26-27-29-31-33-35-37-39-41-48(53)59-46(45-58-50(49(54)55)56-43-42-51(3,4)5)44-57-47(52)40-38-36-34-32-30-28-19-17-15-13-11-9-7-2/h22-23,46,50H,6-21,24-45H2,1-5H3/b23-22-. The van der Waals surface area contributed by atoms with Gasteiger partial charge in [0.2, 0.25) is 0 Å². The third-order valence-electron chi connectivity index (χ3n) is 11.0. The first-order valence-electron chi connectivity index (χ1n) is 24.8. The number of aliphatic carboxylic acids is 1. The van der Waals surface area contributed by atoms with Gasteiger partial charge in [0.15, 0.2) is 12.4 Å². The number of carbonyl (C=O) groups excluding carboxylic acids is 3. The molecule has 2 unspecified atom stereocenters. The average molecular weight is 838 g/mol. The van der Waals surface area contributed by atoms with Crippen molar-refractivity contribution in [3.8, 4) is 0 Å². The predicted octanol–water partition coefficient (Wildman–Crippen LogP) is 12.1. The van der Waals surface area contributed by atoms with Gasteiger partial charge in [-0.25, -0.2) is 0 Å². The van der Waals surface area contributed by atoms with Crippen LogP contribution in [0, 0.1) is 0 Å². The Bertz CT molecular complexity index is 980. The van der Waals surface area contributed by atoms with Gasteiger partial charge in [0.05, 0.1) is 40.3 Å². The summed E-state index contributed by atoms with van der Waals surface area (Å²) in [6.45, 7) is 4.77. The lowest BCUT2D eigenvalue weighted by molar-refractivity contribution is -0.870. The molecule has 0 aromatic rings. The van der Waals surface area contributed by atoms with E-state index in [4.69, 9.17) is 18.9 Å². The lowest BCUT2D eigenvalue weighted by atomic mass is 10.0. The summed E-state index contributed by atoms with van der Waals surface area (Å²) in [5.74, 6) is -2.27. The molecule has 0 aromatic heterocycles. The van der Waals surface area contributed by atoms with Gasteiger partial charge in [0, 0.05) is 12.8 Å². The number of likely N-dealkylation sites (N-methyl/N-ethyl adjacent to an activating group) is 1. The number of unbranched alkanes of at least 4 members (excludes halogenated alkanes) is 29. The fourth-order valence-corrected chi connectivity index (χ4v) is 7.12. The molecular formula is C50H95NO8. The molecule has 0 amide bonds. The van der Waals surface area contributed by atoms with Gasteiger partial charge in [-0.2, -0.15) is 0 Å². The number of carbonyl (C=O) groups is 3. The summed E-state index contributed by atoms with van der Waals surface area (Å²) >= 11 is 0. The van der Waals surface area contributed by atoms with E-state index in [-0.39, 0.29) is 32.2 Å². The van der Waals surface area contributed by atoms with Crippen molar-refractivity contribution in [2.45, 2.75) is 245 Å². The molecule has 0 bridgehead atoms. The molecule has 0 heterocycles. The molecular weight excluding hydrogens is 743 g/mol. The van der Waals surface area contributed by atoms with E-state index in [1.807, 2.05) is 21.1 Å². The second-order valence-corrected chi connectivity index (χ2v) is 18.1. The number of quaternary nitrogens is 1. The largest absolute Gasteiger partial charge is 0.545 e. The molecule has 0 fully saturated rings. The highest BCUT2D eigenvalue weighted by molar-refractivity contribution is 5.70. The fraction of sp³-hybridized carbons (Fsp3) is 0.900. The van der Waals surface area contributed by atoms with Gasteiger partial charge < -0.3 is 33.3 Å². The van der Waals surface area contributed by atoms with Crippen molar-refractivity contribution in [2.24, 2.45) is 0 Å². The first-order valence-corrected chi connectivity index (χ1v) is 24.8. The molecule has 0 rings (SSSR count). The SMILES string of the molecule is CCCCCCCCCC/C=C\CCCCCCCCCCCC(=O)OC(COC(=O)CCCCCCCCCCCCCCC)COC(OCC[N+](C)(C)C)C(=O)[O-]. The van der Waals surface area contributed by atoms with E-state index in [1.54, 1.807) is 0 Å². The van der Waals surface area contributed by atoms with E-state index in [0.717, 1.165) is 38.5 Å². The molecule has 9 nitrogen and oxygen atoms in total. The van der Waals surface area contributed by atoms with Crippen molar-refractivity contribution in [1.82, 2.24) is 0 Å². The summed E-state index contributed by atoms with van der Waals surface area (Å²) in [7, 11) is 5.92. The third-order valence-corrected chi connectivity index (χ3v) is 11.0. The van der Waals surface area contributed by atoms with Crippen molar-refractivity contribution in [3.63, 3.8) is 0 Å². The van der Waals surface area contributed by atoms with Crippen LogP contribution in [-0.4, -0.2) is 82.3 Å². The molecule has 0 spiro atoms. The molecule has 0 radical (unpaired) electrons. The van der Waals surface area contributed by atoms with E-state index in [2.05, 4.69) is 26.0 Å². The monoisotopic (exact) mass is 838 g/mol. The lowest BCUT2D eigenvalue weighted by Crippen LogP contribution is -2.44. The van der Waals surface area contributed by atoms with E-state index >= 15 is 0 Å². The molecule has 0 aliphatic rings. The second-order valence-electron chi connectivity index (χ2n) is 18.1. The number of hydrogen-bond acceptors (Lipinski definition) is 8. The lowest BCUT2D eigenvalue weighted by Gasteiger charge is -2.26. The van der Waals surface area contributed by atoms with Crippen molar-refractivity contribution in [1.29, 1.82) is 0 Å². The van der Waals surface area contributed by atoms with Gasteiger partial charge in [-0.3, -0.25) is 9.59 Å². The Morgan fingerprint density at radius 2 is 0.864 bits per heavy atom. The van der Waals surface area contributed by atoms with Gasteiger partial charge in [0.25, 0.3) is 0 Å². The fourth-order valence-electron chi connectivity index (χ4n) is 7.12. The number of esters is 2. The third kappa shape index (κ3) is 43.9. The summed E-state index contributed by atoms with van der Waals surface area (Å²) in [5.41, 5.74) is 0. The molecule has 9 heteroatoms. The molecule has 0 saturated heterocycles. The molecule has 0 aliphatic heterocycles.